The van der Waals surface area contributed by atoms with Crippen LogP contribution in [0.4, 0.5) is 0 Å². The Hall–Kier alpha value is 0.150. The van der Waals surface area contributed by atoms with E-state index in [0.29, 0.717) is 0 Å². The molecule has 78 valence electrons. The molecule has 1 atom stereocenters. The Labute approximate surface area is 93.9 Å². The molecule has 0 aliphatic carbocycles. The van der Waals surface area contributed by atoms with Crippen LogP contribution < -0.4 is 0 Å². The predicted octanol–water partition coefficient (Wildman–Crippen LogP) is 4.74. The van der Waals surface area contributed by atoms with E-state index in [4.69, 9.17) is 0 Å². The van der Waals surface area contributed by atoms with E-state index < -0.39 is 5.55 Å². The van der Waals surface area contributed by atoms with E-state index in [2.05, 4.69) is 6.92 Å². The zero-order valence-electron chi connectivity index (χ0n) is 8.47. The molecule has 1 aromatic carbocycles. The van der Waals surface area contributed by atoms with Gasteiger partial charge in [0, 0.05) is 11.1 Å². The first-order valence-electron chi connectivity index (χ1n) is 4.68. The van der Waals surface area contributed by atoms with Crippen molar-refractivity contribution in [3.8, 4) is 0 Å². The fourth-order valence-corrected chi connectivity index (χ4v) is 8.18. The minimum absolute atomic E-state index is 0.755. The molecule has 0 spiro atoms. The summed E-state index contributed by atoms with van der Waals surface area (Å²) in [6.45, 7) is 4.05. The van der Waals surface area contributed by atoms with Crippen molar-refractivity contribution in [2.45, 2.75) is 18.7 Å². The molecule has 1 nitrogen and oxygen atoms in total. The number of rotatable bonds is 5. The van der Waals surface area contributed by atoms with Gasteiger partial charge in [-0.15, -0.1) is 0 Å². The van der Waals surface area contributed by atoms with E-state index in [9.17, 15) is 4.57 Å². The van der Waals surface area contributed by atoms with Gasteiger partial charge in [-0.1, -0.05) is 54.8 Å². The van der Waals surface area contributed by atoms with Crippen LogP contribution in [0.25, 0.3) is 0 Å². The van der Waals surface area contributed by atoms with Crippen LogP contribution >= 0.6 is 28.3 Å². The molecule has 4 heteroatoms. The van der Waals surface area contributed by atoms with Crippen molar-refractivity contribution in [1.29, 1.82) is 0 Å². The molecule has 0 saturated heterocycles. The fraction of sp³-hybridized carbons (Fsp3) is 0.400. The molecule has 1 unspecified atom stereocenters. The fourth-order valence-electron chi connectivity index (χ4n) is 1.02. The van der Waals surface area contributed by atoms with Gasteiger partial charge in [0.2, 0.25) is 0 Å². The molecule has 0 radical (unpaired) electrons. The standard InChI is InChI=1S/C10H15OPS2/c1-3-12(11,13-4-2)14-10-8-6-5-7-9-10/h5-9H,3-4H2,1-2H3. The van der Waals surface area contributed by atoms with Gasteiger partial charge in [0.1, 0.15) is 0 Å². The second kappa shape index (κ2) is 5.89. The molecule has 0 N–H and O–H groups in total. The van der Waals surface area contributed by atoms with Gasteiger partial charge in [-0.25, -0.2) is 0 Å². The lowest BCUT2D eigenvalue weighted by Crippen LogP contribution is -1.77. The van der Waals surface area contributed by atoms with Crippen LogP contribution in [0.1, 0.15) is 13.8 Å². The maximum Gasteiger partial charge on any atom is 0.195 e. The lowest BCUT2D eigenvalue weighted by atomic mass is 10.4. The van der Waals surface area contributed by atoms with Crippen LogP contribution in [-0.4, -0.2) is 11.9 Å². The molecular weight excluding hydrogens is 231 g/mol. The van der Waals surface area contributed by atoms with Crippen molar-refractivity contribution in [3.63, 3.8) is 0 Å². The zero-order valence-corrected chi connectivity index (χ0v) is 11.0. The van der Waals surface area contributed by atoms with E-state index >= 15 is 0 Å². The Balaban J connectivity index is 2.71. The summed E-state index contributed by atoms with van der Waals surface area (Å²) in [5.41, 5.74) is -2.09. The first kappa shape index (κ1) is 12.2. The van der Waals surface area contributed by atoms with Gasteiger partial charge in [0.25, 0.3) is 0 Å². The molecular formula is C10H15OPS2. The third-order valence-electron chi connectivity index (χ3n) is 1.70. The van der Waals surface area contributed by atoms with Crippen molar-refractivity contribution in [2.24, 2.45) is 0 Å². The summed E-state index contributed by atoms with van der Waals surface area (Å²) < 4.78 is 12.3. The van der Waals surface area contributed by atoms with Crippen LogP contribution in [0.5, 0.6) is 0 Å². The third-order valence-corrected chi connectivity index (χ3v) is 10.5. The Morgan fingerprint density at radius 2 is 1.86 bits per heavy atom. The van der Waals surface area contributed by atoms with Crippen molar-refractivity contribution < 1.29 is 4.57 Å². The minimum Gasteiger partial charge on any atom is -0.300 e. The summed E-state index contributed by atoms with van der Waals surface area (Å²) in [5.74, 6) is 0.922. The van der Waals surface area contributed by atoms with Gasteiger partial charge in [0.05, 0.1) is 0 Å². The molecule has 14 heavy (non-hydrogen) atoms. The lowest BCUT2D eigenvalue weighted by Gasteiger charge is -2.13. The molecule has 0 fully saturated rings. The molecule has 1 aromatic rings. The maximum absolute atomic E-state index is 12.3. The molecule has 1 rings (SSSR count). The Morgan fingerprint density at radius 1 is 1.21 bits per heavy atom. The van der Waals surface area contributed by atoms with Crippen molar-refractivity contribution >= 4 is 28.3 Å². The monoisotopic (exact) mass is 246 g/mol. The van der Waals surface area contributed by atoms with Gasteiger partial charge in [0.15, 0.2) is 5.55 Å². The number of hydrogen-bond acceptors (Lipinski definition) is 3. The van der Waals surface area contributed by atoms with Crippen molar-refractivity contribution in [3.05, 3.63) is 30.3 Å². The summed E-state index contributed by atoms with van der Waals surface area (Å²) >= 11 is 3.13. The molecule has 0 saturated carbocycles. The molecule has 0 heterocycles. The summed E-state index contributed by atoms with van der Waals surface area (Å²) in [4.78, 5) is 1.11. The predicted molar refractivity (Wildman–Crippen MR) is 68.6 cm³/mol. The lowest BCUT2D eigenvalue weighted by molar-refractivity contribution is 0.594. The number of benzene rings is 1. The van der Waals surface area contributed by atoms with Crippen LogP contribution in [-0.2, 0) is 4.57 Å². The molecule has 0 aromatic heterocycles. The SMILES string of the molecule is CCSP(=O)(CC)Sc1ccccc1. The zero-order chi connectivity index (χ0) is 10.4. The van der Waals surface area contributed by atoms with E-state index in [1.54, 1.807) is 11.4 Å². The third kappa shape index (κ3) is 3.72. The van der Waals surface area contributed by atoms with Crippen LogP contribution in [0.15, 0.2) is 35.2 Å². The molecule has 0 amide bonds. The maximum atomic E-state index is 12.3. The van der Waals surface area contributed by atoms with Gasteiger partial charge >= 0.3 is 0 Å². The van der Waals surface area contributed by atoms with Crippen molar-refractivity contribution in [1.82, 2.24) is 0 Å². The van der Waals surface area contributed by atoms with E-state index in [1.165, 1.54) is 11.4 Å². The van der Waals surface area contributed by atoms with Crippen LogP contribution in [0.2, 0.25) is 0 Å². The van der Waals surface area contributed by atoms with Crippen LogP contribution in [0.3, 0.4) is 0 Å². The normalized spacial score (nSPS) is 15.0. The summed E-state index contributed by atoms with van der Waals surface area (Å²) in [5, 5.41) is 0. The highest BCUT2D eigenvalue weighted by Gasteiger charge is 2.20. The van der Waals surface area contributed by atoms with Crippen LogP contribution in [0, 0.1) is 0 Å². The summed E-state index contributed by atoms with van der Waals surface area (Å²) in [6, 6.07) is 9.98. The summed E-state index contributed by atoms with van der Waals surface area (Å²) in [7, 11) is 0. The van der Waals surface area contributed by atoms with Gasteiger partial charge in [-0.3, -0.25) is 0 Å². The van der Waals surface area contributed by atoms with E-state index in [1.807, 2.05) is 37.3 Å². The molecule has 0 bridgehead atoms. The largest absolute Gasteiger partial charge is 0.300 e. The first-order valence-corrected chi connectivity index (χ1v) is 9.59. The molecule has 0 aliphatic rings. The first-order chi connectivity index (χ1) is 6.70. The second-order valence-electron chi connectivity index (χ2n) is 2.75. The Bertz CT molecular complexity index is 313. The van der Waals surface area contributed by atoms with E-state index in [-0.39, 0.29) is 0 Å². The molecule has 0 aliphatic heterocycles. The Kier molecular flexibility index (Phi) is 5.14. The average molecular weight is 246 g/mol. The Morgan fingerprint density at radius 3 is 2.36 bits per heavy atom. The van der Waals surface area contributed by atoms with Gasteiger partial charge in [-0.2, -0.15) is 0 Å². The quantitative estimate of drug-likeness (QED) is 0.698. The van der Waals surface area contributed by atoms with Gasteiger partial charge < -0.3 is 4.57 Å². The highest BCUT2D eigenvalue weighted by Crippen LogP contribution is 2.70. The highest BCUT2D eigenvalue weighted by molar-refractivity contribution is 8.90. The minimum atomic E-state index is -2.09. The topological polar surface area (TPSA) is 17.1 Å². The highest BCUT2D eigenvalue weighted by atomic mass is 33.1. The summed E-state index contributed by atoms with van der Waals surface area (Å²) in [6.07, 6.45) is 0.755. The van der Waals surface area contributed by atoms with Crippen molar-refractivity contribution in [2.75, 3.05) is 11.9 Å². The van der Waals surface area contributed by atoms with Gasteiger partial charge in [-0.05, 0) is 17.9 Å². The smallest absolute Gasteiger partial charge is 0.195 e. The number of hydrogen-bond donors (Lipinski definition) is 0. The average Bonchev–Trinajstić information content (AvgIpc) is 2.20. The van der Waals surface area contributed by atoms with E-state index in [0.717, 1.165) is 16.8 Å². The second-order valence-corrected chi connectivity index (χ2v) is 11.6.